The summed E-state index contributed by atoms with van der Waals surface area (Å²) in [5, 5.41) is 25.8. The van der Waals surface area contributed by atoms with Gasteiger partial charge in [-0.05, 0) is 26.8 Å². The summed E-state index contributed by atoms with van der Waals surface area (Å²) >= 11 is 0. The maximum Gasteiger partial charge on any atom is 0.221 e. The lowest BCUT2D eigenvalue weighted by atomic mass is 9.90. The maximum absolute atomic E-state index is 11.9. The predicted molar refractivity (Wildman–Crippen MR) is 131 cm³/mol. The molecule has 0 spiro atoms. The minimum absolute atomic E-state index is 0.0398. The third-order valence-electron chi connectivity index (χ3n) is 5.08. The third kappa shape index (κ3) is 5.98. The van der Waals surface area contributed by atoms with Crippen molar-refractivity contribution in [1.82, 2.24) is 9.78 Å². The first kappa shape index (κ1) is 26.5. The molecule has 1 aromatic carbocycles. The van der Waals surface area contributed by atoms with E-state index in [0.717, 1.165) is 18.8 Å². The van der Waals surface area contributed by atoms with Crippen molar-refractivity contribution in [2.45, 2.75) is 60.4 Å². The largest absolute Gasteiger partial charge is 0.494 e. The number of amides is 1. The van der Waals surface area contributed by atoms with Crippen molar-refractivity contribution in [1.29, 1.82) is 5.26 Å². The second-order valence-electron chi connectivity index (χ2n) is 8.86. The molecule has 1 heterocycles. The Morgan fingerprint density at radius 1 is 1.21 bits per heavy atom. The molecule has 0 bridgehead atoms. The summed E-state index contributed by atoms with van der Waals surface area (Å²) in [6.45, 7) is 14.2. The van der Waals surface area contributed by atoms with Crippen LogP contribution in [0, 0.1) is 11.3 Å². The van der Waals surface area contributed by atoms with Gasteiger partial charge in [-0.2, -0.15) is 10.4 Å². The van der Waals surface area contributed by atoms with E-state index in [0.29, 0.717) is 22.8 Å². The van der Waals surface area contributed by atoms with Crippen LogP contribution in [-0.2, 0) is 21.5 Å². The Labute approximate surface area is 200 Å². The van der Waals surface area contributed by atoms with Gasteiger partial charge in [0.05, 0.1) is 24.2 Å². The van der Waals surface area contributed by atoms with E-state index in [1.807, 2.05) is 34.6 Å². The van der Waals surface area contributed by atoms with E-state index in [9.17, 15) is 14.9 Å². The number of carbonyl (C=O) groups is 2. The van der Waals surface area contributed by atoms with Gasteiger partial charge in [-0.1, -0.05) is 20.8 Å². The molecule has 10 nitrogen and oxygen atoms in total. The van der Waals surface area contributed by atoms with Gasteiger partial charge in [-0.25, -0.2) is 4.68 Å². The Morgan fingerprint density at radius 2 is 1.85 bits per heavy atom. The number of nitrogens with one attached hydrogen (secondary N) is 1. The molecule has 0 radical (unpaired) electrons. The second kappa shape index (κ2) is 10.9. The number of methoxy groups -OCH3 is 1. The molecule has 1 amide bonds. The van der Waals surface area contributed by atoms with Crippen molar-refractivity contribution >= 4 is 34.6 Å². The second-order valence-corrected chi connectivity index (χ2v) is 8.86. The lowest BCUT2D eigenvalue weighted by molar-refractivity contribution is -0.117. The van der Waals surface area contributed by atoms with Crippen LogP contribution >= 0.6 is 0 Å². The lowest BCUT2D eigenvalue weighted by Crippen LogP contribution is -2.22. The Kier molecular flexibility index (Phi) is 8.51. The third-order valence-corrected chi connectivity index (χ3v) is 5.08. The fraction of sp³-hybridized carbons (Fsp3) is 0.500. The van der Waals surface area contributed by atoms with E-state index in [1.54, 1.807) is 19.2 Å². The molecule has 34 heavy (non-hydrogen) atoms. The van der Waals surface area contributed by atoms with Crippen LogP contribution in [-0.4, -0.2) is 41.7 Å². The number of Topliss-reactive ketones (excluding diaryl/α,β-unsaturated/α-hetero) is 1. The fourth-order valence-electron chi connectivity index (χ4n) is 3.51. The highest BCUT2D eigenvalue weighted by atomic mass is 16.5. The summed E-state index contributed by atoms with van der Waals surface area (Å²) in [7, 11) is 1.56. The summed E-state index contributed by atoms with van der Waals surface area (Å²) in [6, 6.07) is 5.64. The summed E-state index contributed by atoms with van der Waals surface area (Å²) in [6.07, 6.45) is 0. The number of rotatable bonds is 9. The minimum atomic E-state index is -0.437. The SMILES string of the molecule is CCN(CC)c1cc(NC(C)=O)c(N=Nc2c(C#N)c(C(C)(C)C)nn2CC(C)=O)cc1OC. The van der Waals surface area contributed by atoms with Crippen LogP contribution in [0.2, 0.25) is 0 Å². The molecule has 0 fully saturated rings. The molecule has 10 heteroatoms. The zero-order valence-corrected chi connectivity index (χ0v) is 21.2. The number of benzene rings is 1. The van der Waals surface area contributed by atoms with Crippen LogP contribution < -0.4 is 15.0 Å². The normalized spacial score (nSPS) is 11.4. The number of ether oxygens (including phenoxy) is 1. The van der Waals surface area contributed by atoms with Gasteiger partial charge in [0.15, 0.2) is 11.6 Å². The van der Waals surface area contributed by atoms with E-state index >= 15 is 0 Å². The molecule has 0 aliphatic rings. The highest BCUT2D eigenvalue weighted by molar-refractivity contribution is 5.93. The molecule has 0 unspecified atom stereocenters. The average Bonchev–Trinajstić information content (AvgIpc) is 3.10. The van der Waals surface area contributed by atoms with Crippen LogP contribution in [0.25, 0.3) is 0 Å². The molecule has 182 valence electrons. The van der Waals surface area contributed by atoms with Gasteiger partial charge in [-0.15, -0.1) is 10.2 Å². The number of ketones is 1. The molecule has 2 rings (SSSR count). The molecular formula is C24H33N7O3. The molecule has 2 aromatic rings. The van der Waals surface area contributed by atoms with Crippen molar-refractivity contribution < 1.29 is 14.3 Å². The van der Waals surface area contributed by atoms with Crippen molar-refractivity contribution in [2.75, 3.05) is 30.4 Å². The minimum Gasteiger partial charge on any atom is -0.494 e. The lowest BCUT2D eigenvalue weighted by Gasteiger charge is -2.24. The standard InChI is InChI=1S/C24H33N7O3/c1-9-30(10-2)20-11-18(26-16(4)33)19(12-21(20)34-8)27-28-23-17(13-25)22(24(5,6)7)29-31(23)14-15(3)32/h11-12H,9-10,14H2,1-8H3,(H,26,33). The number of aromatic nitrogens is 2. The van der Waals surface area contributed by atoms with Crippen LogP contribution in [0.4, 0.5) is 22.9 Å². The molecule has 0 saturated heterocycles. The van der Waals surface area contributed by atoms with Crippen LogP contribution in [0.15, 0.2) is 22.4 Å². The quantitative estimate of drug-likeness (QED) is 0.525. The van der Waals surface area contributed by atoms with E-state index in [1.165, 1.54) is 18.5 Å². The van der Waals surface area contributed by atoms with Gasteiger partial charge in [-0.3, -0.25) is 9.59 Å². The van der Waals surface area contributed by atoms with Crippen molar-refractivity contribution in [2.24, 2.45) is 10.2 Å². The molecule has 0 atom stereocenters. The first-order valence-electron chi connectivity index (χ1n) is 11.1. The number of hydrogen-bond acceptors (Lipinski definition) is 8. The molecule has 1 aromatic heterocycles. The van der Waals surface area contributed by atoms with Gasteiger partial charge in [0.25, 0.3) is 0 Å². The zero-order valence-electron chi connectivity index (χ0n) is 21.2. The number of nitrogens with zero attached hydrogens (tertiary/aromatic N) is 6. The van der Waals surface area contributed by atoms with Crippen molar-refractivity contribution in [3.05, 3.63) is 23.4 Å². The van der Waals surface area contributed by atoms with E-state index in [2.05, 4.69) is 31.6 Å². The Morgan fingerprint density at radius 3 is 2.32 bits per heavy atom. The van der Waals surface area contributed by atoms with Gasteiger partial charge >= 0.3 is 0 Å². The Balaban J connectivity index is 2.72. The summed E-state index contributed by atoms with van der Waals surface area (Å²) < 4.78 is 6.98. The smallest absolute Gasteiger partial charge is 0.221 e. The van der Waals surface area contributed by atoms with Crippen LogP contribution in [0.3, 0.4) is 0 Å². The maximum atomic E-state index is 11.9. The van der Waals surface area contributed by atoms with E-state index < -0.39 is 5.41 Å². The number of nitriles is 1. The van der Waals surface area contributed by atoms with Gasteiger partial charge in [0, 0.05) is 31.5 Å². The molecule has 0 aliphatic heterocycles. The van der Waals surface area contributed by atoms with Gasteiger partial charge in [0.2, 0.25) is 5.91 Å². The van der Waals surface area contributed by atoms with Gasteiger partial charge < -0.3 is 15.0 Å². The molecule has 0 saturated carbocycles. The summed E-state index contributed by atoms with van der Waals surface area (Å²) in [5.41, 5.74) is 1.95. The van der Waals surface area contributed by atoms with Crippen molar-refractivity contribution in [3.63, 3.8) is 0 Å². The van der Waals surface area contributed by atoms with Crippen molar-refractivity contribution in [3.8, 4) is 11.8 Å². The predicted octanol–water partition coefficient (Wildman–Crippen LogP) is 4.87. The van der Waals surface area contributed by atoms with Gasteiger partial charge in [0.1, 0.15) is 29.6 Å². The molecular weight excluding hydrogens is 434 g/mol. The Bertz CT molecular complexity index is 1130. The van der Waals surface area contributed by atoms with Crippen LogP contribution in [0.5, 0.6) is 5.75 Å². The number of carbonyl (C=O) groups excluding carboxylic acids is 2. The monoisotopic (exact) mass is 467 g/mol. The fourth-order valence-corrected chi connectivity index (χ4v) is 3.51. The number of hydrogen-bond donors (Lipinski definition) is 1. The number of anilines is 2. The first-order valence-corrected chi connectivity index (χ1v) is 11.1. The number of azo groups is 1. The topological polar surface area (TPSA) is 125 Å². The molecule has 1 N–H and O–H groups in total. The zero-order chi connectivity index (χ0) is 25.6. The summed E-state index contributed by atoms with van der Waals surface area (Å²) in [4.78, 5) is 25.8. The Hall–Kier alpha value is -3.74. The summed E-state index contributed by atoms with van der Waals surface area (Å²) in [5.74, 6) is 0.359. The average molecular weight is 468 g/mol. The van der Waals surface area contributed by atoms with E-state index in [-0.39, 0.29) is 29.6 Å². The highest BCUT2D eigenvalue weighted by Gasteiger charge is 2.27. The van der Waals surface area contributed by atoms with E-state index in [4.69, 9.17) is 4.74 Å². The molecule has 0 aliphatic carbocycles. The highest BCUT2D eigenvalue weighted by Crippen LogP contribution is 2.40. The first-order chi connectivity index (χ1) is 16.0. The van der Waals surface area contributed by atoms with Crippen LogP contribution in [0.1, 0.15) is 59.7 Å².